The second-order valence-corrected chi connectivity index (χ2v) is 6.95. The molecule has 0 fully saturated rings. The van der Waals surface area contributed by atoms with Crippen molar-refractivity contribution in [1.82, 2.24) is 0 Å². The van der Waals surface area contributed by atoms with Gasteiger partial charge in [0.15, 0.2) is 0 Å². The molecule has 2 aromatic rings. The lowest BCUT2D eigenvalue weighted by Crippen LogP contribution is -2.03. The summed E-state index contributed by atoms with van der Waals surface area (Å²) in [5.41, 5.74) is 10.00. The quantitative estimate of drug-likeness (QED) is 0.443. The Labute approximate surface area is 129 Å². The van der Waals surface area contributed by atoms with Gasteiger partial charge in [-0.25, -0.2) is 0 Å². The summed E-state index contributed by atoms with van der Waals surface area (Å²) in [6, 6.07) is 17.1. The monoisotopic (exact) mass is 324 g/mol. The van der Waals surface area contributed by atoms with E-state index in [0.29, 0.717) is 0 Å². The molecule has 0 nitrogen and oxygen atoms in total. The summed E-state index contributed by atoms with van der Waals surface area (Å²) in [5, 5.41) is 0. The van der Waals surface area contributed by atoms with Gasteiger partial charge in [-0.2, -0.15) is 0 Å². The van der Waals surface area contributed by atoms with Crippen molar-refractivity contribution in [3.63, 3.8) is 0 Å². The van der Waals surface area contributed by atoms with Gasteiger partial charge >= 0.3 is 0 Å². The Morgan fingerprint density at radius 1 is 0.800 bits per heavy atom. The topological polar surface area (TPSA) is 0 Å². The third-order valence-electron chi connectivity index (χ3n) is 3.58. The smallest absolute Gasteiger partial charge is 0.0428 e. The van der Waals surface area contributed by atoms with E-state index < -0.39 is 0 Å². The molecule has 0 atom stereocenters. The van der Waals surface area contributed by atoms with Crippen LogP contribution in [0.4, 0.5) is 0 Å². The van der Waals surface area contributed by atoms with Crippen LogP contribution in [0.1, 0.15) is 31.9 Å². The molecular formula is C19H17Br. The van der Waals surface area contributed by atoms with Crippen molar-refractivity contribution < 1.29 is 0 Å². The lowest BCUT2D eigenvalue weighted by molar-refractivity contribution is 0.537. The van der Waals surface area contributed by atoms with Gasteiger partial charge in [0.25, 0.3) is 0 Å². The van der Waals surface area contributed by atoms with E-state index in [1.54, 1.807) is 0 Å². The summed E-state index contributed by atoms with van der Waals surface area (Å²) in [4.78, 5) is 0. The molecule has 0 unspecified atom stereocenters. The highest BCUT2D eigenvalue weighted by molar-refractivity contribution is 9.11. The Hall–Kier alpha value is -1.56. The van der Waals surface area contributed by atoms with Gasteiger partial charge in [-0.1, -0.05) is 75.0 Å². The average Bonchev–Trinajstić information content (AvgIpc) is 2.73. The Morgan fingerprint density at radius 2 is 1.20 bits per heavy atom. The standard InChI is InChI=1S/C19H17Br/c1-19(2,3)18(20)12-17-15-10-6-4-8-13(15)14-9-5-7-11-16(14)17/h4-11H,1-3H3. The molecule has 0 bridgehead atoms. The van der Waals surface area contributed by atoms with Crippen molar-refractivity contribution in [1.29, 1.82) is 0 Å². The Morgan fingerprint density at radius 3 is 1.60 bits per heavy atom. The fraction of sp³-hybridized carbons (Fsp3) is 0.211. The lowest BCUT2D eigenvalue weighted by atomic mass is 9.95. The number of halogens is 1. The molecule has 0 saturated heterocycles. The average molecular weight is 325 g/mol. The van der Waals surface area contributed by atoms with Crippen molar-refractivity contribution in [2.24, 2.45) is 5.41 Å². The molecule has 2 aromatic carbocycles. The van der Waals surface area contributed by atoms with Gasteiger partial charge < -0.3 is 0 Å². The number of rotatable bonds is 0. The highest BCUT2D eigenvalue weighted by Crippen LogP contribution is 2.44. The van der Waals surface area contributed by atoms with Gasteiger partial charge in [-0.15, -0.1) is 0 Å². The lowest BCUT2D eigenvalue weighted by Gasteiger charge is -2.15. The van der Waals surface area contributed by atoms with Crippen LogP contribution in [0.5, 0.6) is 0 Å². The van der Waals surface area contributed by atoms with Crippen LogP contribution < -0.4 is 0 Å². The molecule has 1 aliphatic carbocycles. The van der Waals surface area contributed by atoms with Crippen LogP contribution in [0.15, 0.2) is 58.7 Å². The second kappa shape index (κ2) is 4.77. The molecule has 0 spiro atoms. The van der Waals surface area contributed by atoms with Crippen LogP contribution >= 0.6 is 15.9 Å². The zero-order valence-electron chi connectivity index (χ0n) is 12.0. The van der Waals surface area contributed by atoms with Gasteiger partial charge in [0.05, 0.1) is 0 Å². The predicted octanol–water partition coefficient (Wildman–Crippen LogP) is 6.02. The van der Waals surface area contributed by atoms with Crippen LogP contribution in [0.3, 0.4) is 0 Å². The molecule has 0 aliphatic heterocycles. The minimum atomic E-state index is 0.0689. The van der Waals surface area contributed by atoms with E-state index in [4.69, 9.17) is 0 Å². The van der Waals surface area contributed by atoms with E-state index >= 15 is 0 Å². The minimum Gasteiger partial charge on any atom is -0.1000 e. The van der Waals surface area contributed by atoms with Crippen LogP contribution in [0.25, 0.3) is 16.7 Å². The largest absolute Gasteiger partial charge is 0.1000 e. The number of hydrogen-bond acceptors (Lipinski definition) is 0. The van der Waals surface area contributed by atoms with Crippen LogP contribution in [0, 0.1) is 5.41 Å². The van der Waals surface area contributed by atoms with Crippen molar-refractivity contribution in [2.75, 3.05) is 0 Å². The van der Waals surface area contributed by atoms with Gasteiger partial charge in [0.2, 0.25) is 0 Å². The first-order valence-corrected chi connectivity index (χ1v) is 7.64. The highest BCUT2D eigenvalue weighted by atomic mass is 79.9. The van der Waals surface area contributed by atoms with E-state index in [2.05, 4.69) is 91.0 Å². The van der Waals surface area contributed by atoms with Crippen molar-refractivity contribution in [2.45, 2.75) is 20.8 Å². The second-order valence-electron chi connectivity index (χ2n) is 6.16. The maximum absolute atomic E-state index is 3.70. The molecule has 0 amide bonds. The van der Waals surface area contributed by atoms with Crippen molar-refractivity contribution in [3.8, 4) is 11.1 Å². The van der Waals surface area contributed by atoms with Crippen LogP contribution in [0.2, 0.25) is 0 Å². The van der Waals surface area contributed by atoms with E-state index in [1.807, 2.05) is 0 Å². The molecule has 100 valence electrons. The summed E-state index contributed by atoms with van der Waals surface area (Å²) < 4.78 is 1.10. The van der Waals surface area contributed by atoms with E-state index in [-0.39, 0.29) is 5.41 Å². The molecule has 1 aliphatic rings. The van der Waals surface area contributed by atoms with Gasteiger partial charge in [-0.05, 0) is 38.2 Å². The maximum atomic E-state index is 3.70. The zero-order chi connectivity index (χ0) is 14.3. The Bertz CT molecular complexity index is 691. The predicted molar refractivity (Wildman–Crippen MR) is 89.8 cm³/mol. The summed E-state index contributed by atoms with van der Waals surface area (Å²) in [6.07, 6.45) is 0. The number of fused-ring (bicyclic) bond motifs is 3. The summed E-state index contributed by atoms with van der Waals surface area (Å²) in [7, 11) is 0. The maximum Gasteiger partial charge on any atom is 0.0428 e. The zero-order valence-corrected chi connectivity index (χ0v) is 13.6. The third kappa shape index (κ3) is 2.18. The first-order chi connectivity index (χ1) is 9.48. The molecule has 0 N–H and O–H groups in total. The fourth-order valence-corrected chi connectivity index (χ4v) is 2.65. The Kier molecular flexibility index (Phi) is 3.20. The molecule has 3 rings (SSSR count). The Balaban J connectivity index is 2.36. The number of benzene rings is 2. The third-order valence-corrected chi connectivity index (χ3v) is 4.96. The van der Waals surface area contributed by atoms with E-state index in [1.165, 1.54) is 27.8 Å². The van der Waals surface area contributed by atoms with E-state index in [0.717, 1.165) is 4.48 Å². The number of hydrogen-bond donors (Lipinski definition) is 0. The van der Waals surface area contributed by atoms with Gasteiger partial charge in [0, 0.05) is 15.5 Å². The molecule has 0 aromatic heterocycles. The molecule has 0 saturated carbocycles. The minimum absolute atomic E-state index is 0.0689. The first-order valence-electron chi connectivity index (χ1n) is 6.84. The number of allylic oxidation sites excluding steroid dienone is 1. The normalized spacial score (nSPS) is 12.7. The fourth-order valence-electron chi connectivity index (χ4n) is 2.45. The molecule has 0 radical (unpaired) electrons. The first kappa shape index (κ1) is 13.4. The summed E-state index contributed by atoms with van der Waals surface area (Å²) in [6.45, 7) is 6.58. The highest BCUT2D eigenvalue weighted by Gasteiger charge is 2.23. The van der Waals surface area contributed by atoms with Crippen molar-refractivity contribution in [3.05, 3.63) is 69.9 Å². The van der Waals surface area contributed by atoms with Crippen molar-refractivity contribution >= 4 is 21.5 Å². The summed E-state index contributed by atoms with van der Waals surface area (Å²) >= 11 is 3.70. The molecule has 0 heterocycles. The van der Waals surface area contributed by atoms with E-state index in [9.17, 15) is 0 Å². The SMILES string of the molecule is CC(C)(C)C(Br)=C=C1c2ccccc2-c2ccccc21. The molecular weight excluding hydrogens is 308 g/mol. The molecule has 1 heteroatoms. The van der Waals surface area contributed by atoms with Gasteiger partial charge in [-0.3, -0.25) is 0 Å². The summed E-state index contributed by atoms with van der Waals surface area (Å²) in [5.74, 6) is 0. The molecule has 20 heavy (non-hydrogen) atoms. The van der Waals surface area contributed by atoms with Gasteiger partial charge in [0.1, 0.15) is 0 Å². The van der Waals surface area contributed by atoms with Crippen LogP contribution in [-0.2, 0) is 0 Å². The van der Waals surface area contributed by atoms with Crippen LogP contribution in [-0.4, -0.2) is 0 Å².